The molecule has 0 aliphatic carbocycles. The summed E-state index contributed by atoms with van der Waals surface area (Å²) >= 11 is 0. The van der Waals surface area contributed by atoms with Crippen LogP contribution < -0.4 is 10.6 Å². The Morgan fingerprint density at radius 2 is 1.90 bits per heavy atom. The maximum absolute atomic E-state index is 5.13. The lowest BCUT2D eigenvalue weighted by Crippen LogP contribution is -2.48. The van der Waals surface area contributed by atoms with E-state index >= 15 is 0 Å². The summed E-state index contributed by atoms with van der Waals surface area (Å²) in [6.45, 7) is 11.9. The van der Waals surface area contributed by atoms with E-state index in [1.54, 1.807) is 14.2 Å². The number of rotatable bonds is 7. The zero-order valence-corrected chi connectivity index (χ0v) is 14.4. The monoisotopic (exact) mass is 299 g/mol. The smallest absolute Gasteiger partial charge is 0.191 e. The summed E-state index contributed by atoms with van der Waals surface area (Å²) in [7, 11) is 5.71. The zero-order valence-electron chi connectivity index (χ0n) is 14.4. The van der Waals surface area contributed by atoms with Gasteiger partial charge in [0.1, 0.15) is 0 Å². The first-order valence-electron chi connectivity index (χ1n) is 7.92. The van der Waals surface area contributed by atoms with Gasteiger partial charge >= 0.3 is 0 Å². The Hall–Kier alpha value is -0.850. The third-order valence-electron chi connectivity index (χ3n) is 3.81. The van der Waals surface area contributed by atoms with E-state index in [1.807, 2.05) is 0 Å². The number of nitrogens with one attached hydrogen (secondary N) is 2. The van der Waals surface area contributed by atoms with E-state index in [4.69, 9.17) is 4.74 Å². The molecule has 2 N–H and O–H groups in total. The molecule has 21 heavy (non-hydrogen) atoms. The first-order chi connectivity index (χ1) is 10.0. The predicted molar refractivity (Wildman–Crippen MR) is 88.9 cm³/mol. The van der Waals surface area contributed by atoms with E-state index in [2.05, 4.69) is 46.3 Å². The second-order valence-electron chi connectivity index (χ2n) is 6.16. The van der Waals surface area contributed by atoms with Crippen LogP contribution >= 0.6 is 0 Å². The van der Waals surface area contributed by atoms with Crippen molar-refractivity contribution in [1.29, 1.82) is 0 Å². The lowest BCUT2D eigenvalue weighted by molar-refractivity contribution is 0.139. The Balaban J connectivity index is 2.22. The van der Waals surface area contributed by atoms with Crippen molar-refractivity contribution in [2.75, 3.05) is 67.1 Å². The zero-order chi connectivity index (χ0) is 15.7. The minimum atomic E-state index is 0.258. The molecular weight excluding hydrogens is 266 g/mol. The second kappa shape index (κ2) is 9.97. The molecule has 0 saturated carbocycles. The first kappa shape index (κ1) is 18.2. The molecule has 0 amide bonds. The predicted octanol–water partition coefficient (Wildman–Crippen LogP) is 0.0698. The van der Waals surface area contributed by atoms with E-state index in [0.717, 1.165) is 19.0 Å². The van der Waals surface area contributed by atoms with E-state index in [1.165, 1.54) is 26.2 Å². The molecule has 6 heteroatoms. The summed E-state index contributed by atoms with van der Waals surface area (Å²) in [6.07, 6.45) is 0. The molecule has 0 spiro atoms. The van der Waals surface area contributed by atoms with Crippen molar-refractivity contribution in [1.82, 2.24) is 20.4 Å². The molecule has 0 aromatic carbocycles. The van der Waals surface area contributed by atoms with Crippen LogP contribution in [0.1, 0.15) is 13.8 Å². The second-order valence-corrected chi connectivity index (χ2v) is 6.16. The van der Waals surface area contributed by atoms with Gasteiger partial charge in [0.25, 0.3) is 0 Å². The largest absolute Gasteiger partial charge is 0.383 e. The highest BCUT2D eigenvalue weighted by Gasteiger charge is 2.16. The number of nitrogens with zero attached hydrogens (tertiary/aromatic N) is 3. The van der Waals surface area contributed by atoms with E-state index < -0.39 is 0 Å². The Morgan fingerprint density at radius 3 is 2.48 bits per heavy atom. The molecule has 0 aromatic rings. The van der Waals surface area contributed by atoms with E-state index in [0.29, 0.717) is 12.5 Å². The van der Waals surface area contributed by atoms with Crippen molar-refractivity contribution in [2.45, 2.75) is 19.9 Å². The minimum absolute atomic E-state index is 0.258. The van der Waals surface area contributed by atoms with Crippen molar-refractivity contribution < 1.29 is 4.74 Å². The highest BCUT2D eigenvalue weighted by molar-refractivity contribution is 5.79. The summed E-state index contributed by atoms with van der Waals surface area (Å²) < 4.78 is 5.13. The first-order valence-corrected chi connectivity index (χ1v) is 7.92. The van der Waals surface area contributed by atoms with Gasteiger partial charge < -0.3 is 25.2 Å². The fourth-order valence-electron chi connectivity index (χ4n) is 2.53. The van der Waals surface area contributed by atoms with Gasteiger partial charge in [0.15, 0.2) is 5.96 Å². The standard InChI is InChI=1S/C15H33N5O/c1-13(11-20-8-6-19(4)7-9-20)10-17-15(16-3)18-14(2)12-21-5/h13-14H,6-12H2,1-5H3,(H2,16,17,18). The van der Waals surface area contributed by atoms with Crippen molar-refractivity contribution in [3.05, 3.63) is 0 Å². The van der Waals surface area contributed by atoms with Crippen LogP contribution in [0.4, 0.5) is 0 Å². The highest BCUT2D eigenvalue weighted by Crippen LogP contribution is 2.03. The average molecular weight is 299 g/mol. The van der Waals surface area contributed by atoms with Crippen molar-refractivity contribution in [3.63, 3.8) is 0 Å². The number of likely N-dealkylation sites (N-methyl/N-ethyl adjacent to an activating group) is 1. The summed E-state index contributed by atoms with van der Waals surface area (Å²) in [5, 5.41) is 6.73. The topological polar surface area (TPSA) is 52.1 Å². The Kier molecular flexibility index (Phi) is 8.64. The molecule has 0 bridgehead atoms. The molecule has 1 heterocycles. The molecule has 1 saturated heterocycles. The van der Waals surface area contributed by atoms with Gasteiger partial charge in [-0.05, 0) is 19.9 Å². The molecule has 124 valence electrons. The van der Waals surface area contributed by atoms with Crippen LogP contribution in [0.2, 0.25) is 0 Å². The lowest BCUT2D eigenvalue weighted by atomic mass is 10.1. The van der Waals surface area contributed by atoms with Crippen molar-refractivity contribution in [2.24, 2.45) is 10.9 Å². The number of aliphatic imine (C=N–C) groups is 1. The maximum Gasteiger partial charge on any atom is 0.191 e. The molecule has 1 aliphatic heterocycles. The van der Waals surface area contributed by atoms with Crippen molar-refractivity contribution in [3.8, 4) is 0 Å². The van der Waals surface area contributed by atoms with Gasteiger partial charge in [-0.1, -0.05) is 6.92 Å². The van der Waals surface area contributed by atoms with Crippen LogP contribution in [-0.4, -0.2) is 88.9 Å². The normalized spacial score (nSPS) is 21.1. The number of hydrogen-bond acceptors (Lipinski definition) is 4. The minimum Gasteiger partial charge on any atom is -0.383 e. The van der Waals surface area contributed by atoms with Crippen molar-refractivity contribution >= 4 is 5.96 Å². The molecule has 1 fully saturated rings. The maximum atomic E-state index is 5.13. The quantitative estimate of drug-likeness (QED) is 0.515. The molecule has 2 unspecified atom stereocenters. The Bertz CT molecular complexity index is 302. The van der Waals surface area contributed by atoms with E-state index in [9.17, 15) is 0 Å². The van der Waals surface area contributed by atoms with Gasteiger partial charge in [0.05, 0.1) is 6.61 Å². The fourth-order valence-corrected chi connectivity index (χ4v) is 2.53. The molecule has 0 aromatic heterocycles. The lowest BCUT2D eigenvalue weighted by Gasteiger charge is -2.34. The summed E-state index contributed by atoms with van der Waals surface area (Å²) in [6, 6.07) is 0.258. The number of ether oxygens (including phenoxy) is 1. The van der Waals surface area contributed by atoms with Gasteiger partial charge in [-0.2, -0.15) is 0 Å². The molecular formula is C15H33N5O. The van der Waals surface area contributed by atoms with Crippen LogP contribution in [0.15, 0.2) is 4.99 Å². The van der Waals surface area contributed by atoms with Crippen LogP contribution in [0.3, 0.4) is 0 Å². The molecule has 1 aliphatic rings. The highest BCUT2D eigenvalue weighted by atomic mass is 16.5. The average Bonchev–Trinajstić information content (AvgIpc) is 2.46. The van der Waals surface area contributed by atoms with Crippen LogP contribution in [0.25, 0.3) is 0 Å². The number of piperazine rings is 1. The van der Waals surface area contributed by atoms with E-state index in [-0.39, 0.29) is 6.04 Å². The van der Waals surface area contributed by atoms with Gasteiger partial charge in [-0.25, -0.2) is 0 Å². The van der Waals surface area contributed by atoms with Crippen LogP contribution in [-0.2, 0) is 4.74 Å². The van der Waals surface area contributed by atoms with Gasteiger partial charge in [0, 0.05) is 59.5 Å². The summed E-state index contributed by atoms with van der Waals surface area (Å²) in [5.74, 6) is 1.45. The number of hydrogen-bond donors (Lipinski definition) is 2. The molecule has 0 radical (unpaired) electrons. The van der Waals surface area contributed by atoms with Crippen LogP contribution in [0.5, 0.6) is 0 Å². The third kappa shape index (κ3) is 7.64. The summed E-state index contributed by atoms with van der Waals surface area (Å²) in [4.78, 5) is 9.20. The third-order valence-corrected chi connectivity index (χ3v) is 3.81. The van der Waals surface area contributed by atoms with Gasteiger partial charge in [0.2, 0.25) is 0 Å². The van der Waals surface area contributed by atoms with Crippen LogP contribution in [0, 0.1) is 5.92 Å². The molecule has 6 nitrogen and oxygen atoms in total. The summed E-state index contributed by atoms with van der Waals surface area (Å²) in [5.41, 5.74) is 0. The number of methoxy groups -OCH3 is 1. The van der Waals surface area contributed by atoms with Gasteiger partial charge in [-0.3, -0.25) is 4.99 Å². The Morgan fingerprint density at radius 1 is 1.24 bits per heavy atom. The molecule has 1 rings (SSSR count). The molecule has 2 atom stereocenters. The Labute approximate surface area is 129 Å². The SMILES string of the molecule is CN=C(NCC(C)CN1CCN(C)CC1)NC(C)COC. The fraction of sp³-hybridized carbons (Fsp3) is 0.933. The number of guanidine groups is 1. The van der Waals surface area contributed by atoms with Gasteiger partial charge in [-0.15, -0.1) is 0 Å².